The molecule has 122 valence electrons. The normalized spacial score (nSPS) is 11.7. The monoisotopic (exact) mass is 312 g/mol. The van der Waals surface area contributed by atoms with Crippen LogP contribution in [0, 0.1) is 0 Å². The highest BCUT2D eigenvalue weighted by atomic mass is 16.5. The zero-order valence-corrected chi connectivity index (χ0v) is 13.7. The summed E-state index contributed by atoms with van der Waals surface area (Å²) < 4.78 is 5.14. The summed E-state index contributed by atoms with van der Waals surface area (Å²) in [6, 6.07) is 17.7. The smallest absolute Gasteiger partial charge is 0.225 e. The van der Waals surface area contributed by atoms with Gasteiger partial charge in [-0.25, -0.2) is 0 Å². The second-order valence-electron chi connectivity index (χ2n) is 5.57. The summed E-state index contributed by atoms with van der Waals surface area (Å²) in [4.78, 5) is 12.0. The van der Waals surface area contributed by atoms with Crippen molar-refractivity contribution < 1.29 is 9.53 Å². The fraction of sp³-hybridized carbons (Fsp3) is 0.316. The molecule has 0 aromatic heterocycles. The molecular formula is C19H24N2O2. The van der Waals surface area contributed by atoms with Crippen LogP contribution in [-0.2, 0) is 11.2 Å². The number of carbonyl (C=O) groups excluding carboxylic acids is 1. The molecule has 0 bridgehead atoms. The molecule has 2 rings (SSSR count). The van der Waals surface area contributed by atoms with Gasteiger partial charge in [-0.15, -0.1) is 0 Å². The Morgan fingerprint density at radius 2 is 1.78 bits per heavy atom. The van der Waals surface area contributed by atoms with Crippen molar-refractivity contribution in [1.82, 2.24) is 5.32 Å². The number of benzene rings is 2. The molecule has 0 saturated heterocycles. The number of nitrogens with one attached hydrogen (secondary N) is 2. The number of hydrogen-bond acceptors (Lipinski definition) is 3. The van der Waals surface area contributed by atoms with Crippen molar-refractivity contribution >= 4 is 11.6 Å². The summed E-state index contributed by atoms with van der Waals surface area (Å²) >= 11 is 0. The van der Waals surface area contributed by atoms with Gasteiger partial charge in [-0.3, -0.25) is 4.79 Å². The van der Waals surface area contributed by atoms with E-state index in [1.807, 2.05) is 49.4 Å². The summed E-state index contributed by atoms with van der Waals surface area (Å²) in [7, 11) is 1.67. The molecule has 4 nitrogen and oxygen atoms in total. The summed E-state index contributed by atoms with van der Waals surface area (Å²) in [6.45, 7) is 2.87. The third-order valence-corrected chi connectivity index (χ3v) is 3.61. The Labute approximate surface area is 137 Å². The first-order chi connectivity index (χ1) is 11.2. The van der Waals surface area contributed by atoms with Gasteiger partial charge in [0.25, 0.3) is 0 Å². The molecule has 2 aromatic rings. The quantitative estimate of drug-likeness (QED) is 0.787. The minimum Gasteiger partial charge on any atom is -0.497 e. The Morgan fingerprint density at radius 3 is 2.43 bits per heavy atom. The van der Waals surface area contributed by atoms with Crippen molar-refractivity contribution in [2.75, 3.05) is 19.0 Å². The van der Waals surface area contributed by atoms with Crippen LogP contribution in [0.3, 0.4) is 0 Å². The lowest BCUT2D eigenvalue weighted by Crippen LogP contribution is -2.32. The van der Waals surface area contributed by atoms with Gasteiger partial charge >= 0.3 is 0 Å². The molecule has 4 heteroatoms. The number of rotatable bonds is 8. The Hall–Kier alpha value is -2.33. The number of ether oxygens (including phenoxy) is 1. The van der Waals surface area contributed by atoms with Crippen molar-refractivity contribution in [3.05, 3.63) is 60.2 Å². The second-order valence-corrected chi connectivity index (χ2v) is 5.57. The van der Waals surface area contributed by atoms with Gasteiger partial charge in [-0.2, -0.15) is 0 Å². The van der Waals surface area contributed by atoms with E-state index in [1.165, 1.54) is 5.56 Å². The topological polar surface area (TPSA) is 50.4 Å². The van der Waals surface area contributed by atoms with E-state index in [-0.39, 0.29) is 11.9 Å². The Kier molecular flexibility index (Phi) is 6.63. The fourth-order valence-electron chi connectivity index (χ4n) is 2.34. The lowest BCUT2D eigenvalue weighted by molar-refractivity contribution is -0.116. The van der Waals surface area contributed by atoms with Gasteiger partial charge in [-0.1, -0.05) is 30.3 Å². The van der Waals surface area contributed by atoms with Crippen LogP contribution in [-0.4, -0.2) is 25.6 Å². The summed E-state index contributed by atoms with van der Waals surface area (Å²) in [5, 5.41) is 6.29. The molecule has 0 saturated carbocycles. The van der Waals surface area contributed by atoms with Crippen LogP contribution in [0.4, 0.5) is 5.69 Å². The second kappa shape index (κ2) is 8.96. The first-order valence-electron chi connectivity index (χ1n) is 7.88. The molecule has 0 unspecified atom stereocenters. The van der Waals surface area contributed by atoms with Crippen LogP contribution < -0.4 is 15.4 Å². The van der Waals surface area contributed by atoms with E-state index >= 15 is 0 Å². The highest BCUT2D eigenvalue weighted by molar-refractivity contribution is 5.90. The molecular weight excluding hydrogens is 288 g/mol. The van der Waals surface area contributed by atoms with Gasteiger partial charge in [0, 0.05) is 18.2 Å². The molecule has 0 aliphatic rings. The number of amides is 1. The highest BCUT2D eigenvalue weighted by Crippen LogP contribution is 2.11. The first kappa shape index (κ1) is 17.0. The molecule has 0 aliphatic carbocycles. The first-order valence-corrected chi connectivity index (χ1v) is 7.88. The molecule has 0 fully saturated rings. The Morgan fingerprint density at radius 1 is 1.09 bits per heavy atom. The van der Waals surface area contributed by atoms with E-state index in [0.717, 1.165) is 24.4 Å². The van der Waals surface area contributed by atoms with E-state index in [9.17, 15) is 4.79 Å². The standard InChI is InChI=1S/C19H24N2O2/c1-15(14-19(22)21-17-6-4-3-5-7-17)20-13-12-16-8-10-18(23-2)11-9-16/h3-11,15,20H,12-14H2,1-2H3,(H,21,22)/t15-/m1/s1. The maximum atomic E-state index is 12.0. The summed E-state index contributed by atoms with van der Waals surface area (Å²) in [5.41, 5.74) is 2.09. The van der Waals surface area contributed by atoms with Crippen molar-refractivity contribution in [1.29, 1.82) is 0 Å². The number of hydrogen-bond donors (Lipinski definition) is 2. The van der Waals surface area contributed by atoms with Gasteiger partial charge in [0.2, 0.25) is 5.91 Å². The molecule has 2 N–H and O–H groups in total. The van der Waals surface area contributed by atoms with E-state index in [1.54, 1.807) is 7.11 Å². The van der Waals surface area contributed by atoms with Crippen molar-refractivity contribution in [2.24, 2.45) is 0 Å². The third kappa shape index (κ3) is 6.12. The van der Waals surface area contributed by atoms with Crippen LogP contribution in [0.15, 0.2) is 54.6 Å². The van der Waals surface area contributed by atoms with Gasteiger partial charge in [-0.05, 0) is 49.7 Å². The van der Waals surface area contributed by atoms with Crippen molar-refractivity contribution in [3.8, 4) is 5.75 Å². The molecule has 1 atom stereocenters. The molecule has 0 spiro atoms. The van der Waals surface area contributed by atoms with E-state index in [4.69, 9.17) is 4.74 Å². The van der Waals surface area contributed by atoms with Crippen LogP contribution in [0.5, 0.6) is 5.75 Å². The zero-order chi connectivity index (χ0) is 16.5. The summed E-state index contributed by atoms with van der Waals surface area (Å²) in [6.07, 6.45) is 1.38. The average Bonchev–Trinajstić information content (AvgIpc) is 2.56. The lowest BCUT2D eigenvalue weighted by Gasteiger charge is -2.14. The summed E-state index contributed by atoms with van der Waals surface area (Å²) in [5.74, 6) is 0.897. The average molecular weight is 312 g/mol. The minimum absolute atomic E-state index is 0.0284. The number of carbonyl (C=O) groups is 1. The van der Waals surface area contributed by atoms with E-state index < -0.39 is 0 Å². The lowest BCUT2D eigenvalue weighted by atomic mass is 10.1. The Balaban J connectivity index is 1.68. The number of para-hydroxylation sites is 1. The molecule has 0 radical (unpaired) electrons. The van der Waals surface area contributed by atoms with Crippen molar-refractivity contribution in [2.45, 2.75) is 25.8 Å². The van der Waals surface area contributed by atoms with Crippen LogP contribution in [0.2, 0.25) is 0 Å². The van der Waals surface area contributed by atoms with Crippen LogP contribution >= 0.6 is 0 Å². The zero-order valence-electron chi connectivity index (χ0n) is 13.7. The highest BCUT2D eigenvalue weighted by Gasteiger charge is 2.08. The number of anilines is 1. The predicted octanol–water partition coefficient (Wildman–Crippen LogP) is 3.24. The Bertz CT molecular complexity index is 597. The van der Waals surface area contributed by atoms with Crippen molar-refractivity contribution in [3.63, 3.8) is 0 Å². The molecule has 23 heavy (non-hydrogen) atoms. The number of methoxy groups -OCH3 is 1. The maximum absolute atomic E-state index is 12.0. The van der Waals surface area contributed by atoms with E-state index in [2.05, 4.69) is 22.8 Å². The van der Waals surface area contributed by atoms with Gasteiger partial charge in [0.1, 0.15) is 5.75 Å². The van der Waals surface area contributed by atoms with Crippen LogP contribution in [0.25, 0.3) is 0 Å². The molecule has 0 aliphatic heterocycles. The minimum atomic E-state index is 0.0284. The molecule has 1 amide bonds. The van der Waals surface area contributed by atoms with E-state index in [0.29, 0.717) is 6.42 Å². The van der Waals surface area contributed by atoms with Gasteiger partial charge in [0.15, 0.2) is 0 Å². The molecule has 0 heterocycles. The SMILES string of the molecule is COc1ccc(CCN[C@H](C)CC(=O)Nc2ccccc2)cc1. The predicted molar refractivity (Wildman–Crippen MR) is 93.9 cm³/mol. The van der Waals surface area contributed by atoms with Crippen LogP contribution in [0.1, 0.15) is 18.9 Å². The van der Waals surface area contributed by atoms with Gasteiger partial charge < -0.3 is 15.4 Å². The van der Waals surface area contributed by atoms with Gasteiger partial charge in [0.05, 0.1) is 7.11 Å². The third-order valence-electron chi connectivity index (χ3n) is 3.61. The molecule has 2 aromatic carbocycles. The maximum Gasteiger partial charge on any atom is 0.225 e. The fourth-order valence-corrected chi connectivity index (χ4v) is 2.34. The largest absolute Gasteiger partial charge is 0.497 e.